The number of rotatable bonds is 6. The van der Waals surface area contributed by atoms with E-state index in [1.54, 1.807) is 0 Å². The first-order chi connectivity index (χ1) is 12.2. The average Bonchev–Trinajstić information content (AvgIpc) is 3.02. The smallest absolute Gasteiger partial charge is 0.191 e. The fourth-order valence-electron chi connectivity index (χ4n) is 2.57. The minimum absolute atomic E-state index is 0. The van der Waals surface area contributed by atoms with E-state index in [0.29, 0.717) is 6.54 Å². The van der Waals surface area contributed by atoms with Crippen LogP contribution in [0.4, 0.5) is 0 Å². The first kappa shape index (κ1) is 20.5. The van der Waals surface area contributed by atoms with Crippen molar-refractivity contribution in [1.82, 2.24) is 20.6 Å². The van der Waals surface area contributed by atoms with E-state index in [4.69, 9.17) is 11.6 Å². The molecule has 3 rings (SSSR count). The molecule has 7 heteroatoms. The number of hydrogen-bond acceptors (Lipinski definition) is 2. The summed E-state index contributed by atoms with van der Waals surface area (Å²) in [5, 5.41) is 7.33. The molecule has 0 fully saturated rings. The highest BCUT2D eigenvalue weighted by atomic mass is 127. The monoisotopic (exact) mass is 483 g/mol. The standard InChI is InChI=1S/C19H22ClN5.HI/c1-2-21-19(23-13-14-6-5-7-15(20)12-14)22-11-10-18-24-16-8-3-4-9-17(16)25-18;/h3-9,12H,2,10-11,13H2,1H3,(H,24,25)(H2,21,22,23);1H. The number of para-hydroxylation sites is 2. The summed E-state index contributed by atoms with van der Waals surface area (Å²) in [5.74, 6) is 1.76. The highest BCUT2D eigenvalue weighted by Gasteiger charge is 2.03. The number of guanidine groups is 1. The fraction of sp³-hybridized carbons (Fsp3) is 0.263. The van der Waals surface area contributed by atoms with E-state index in [0.717, 1.165) is 52.9 Å². The zero-order valence-corrected chi connectivity index (χ0v) is 17.7. The van der Waals surface area contributed by atoms with E-state index in [2.05, 4.69) is 32.5 Å². The quantitative estimate of drug-likeness (QED) is 0.281. The molecule has 5 nitrogen and oxygen atoms in total. The van der Waals surface area contributed by atoms with Gasteiger partial charge in [0.05, 0.1) is 17.6 Å². The number of imidazole rings is 1. The second-order valence-electron chi connectivity index (χ2n) is 5.70. The maximum atomic E-state index is 6.02. The first-order valence-corrected chi connectivity index (χ1v) is 8.82. The predicted molar refractivity (Wildman–Crippen MR) is 119 cm³/mol. The van der Waals surface area contributed by atoms with Gasteiger partial charge in [-0.2, -0.15) is 0 Å². The normalized spacial score (nSPS) is 11.2. The molecule has 0 radical (unpaired) electrons. The highest BCUT2D eigenvalue weighted by molar-refractivity contribution is 14.0. The van der Waals surface area contributed by atoms with Crippen molar-refractivity contribution in [3.63, 3.8) is 0 Å². The zero-order chi connectivity index (χ0) is 17.5. The van der Waals surface area contributed by atoms with Crippen molar-refractivity contribution in [3.8, 4) is 0 Å². The summed E-state index contributed by atoms with van der Waals surface area (Å²) in [5.41, 5.74) is 3.15. The average molecular weight is 484 g/mol. The number of nitrogens with zero attached hydrogens (tertiary/aromatic N) is 2. The Hall–Kier alpha value is -1.80. The Labute approximate surface area is 175 Å². The van der Waals surface area contributed by atoms with Crippen molar-refractivity contribution in [2.75, 3.05) is 13.1 Å². The summed E-state index contributed by atoms with van der Waals surface area (Å²) in [6.07, 6.45) is 0.802. The van der Waals surface area contributed by atoms with Crippen LogP contribution in [0.2, 0.25) is 5.02 Å². The number of benzene rings is 2. The number of aromatic nitrogens is 2. The molecule has 1 aromatic heterocycles. The van der Waals surface area contributed by atoms with Gasteiger partial charge in [-0.1, -0.05) is 35.9 Å². The number of halogens is 2. The molecule has 0 saturated carbocycles. The number of aliphatic imine (C=N–C) groups is 1. The van der Waals surface area contributed by atoms with Gasteiger partial charge in [0.1, 0.15) is 5.82 Å². The molecule has 26 heavy (non-hydrogen) atoms. The lowest BCUT2D eigenvalue weighted by Gasteiger charge is -2.10. The zero-order valence-electron chi connectivity index (χ0n) is 14.6. The summed E-state index contributed by atoms with van der Waals surface area (Å²) in [4.78, 5) is 12.5. The molecule has 3 N–H and O–H groups in total. The fourth-order valence-corrected chi connectivity index (χ4v) is 2.78. The van der Waals surface area contributed by atoms with Gasteiger partial charge in [-0.05, 0) is 36.8 Å². The van der Waals surface area contributed by atoms with E-state index < -0.39 is 0 Å². The molecule has 3 aromatic rings. The molecule has 0 unspecified atom stereocenters. The molecule has 0 bridgehead atoms. The van der Waals surface area contributed by atoms with Crippen LogP contribution in [0.3, 0.4) is 0 Å². The third kappa shape index (κ3) is 5.88. The second kappa shape index (κ2) is 10.4. The molecule has 0 spiro atoms. The van der Waals surface area contributed by atoms with E-state index in [1.807, 2.05) is 48.5 Å². The molecule has 0 amide bonds. The van der Waals surface area contributed by atoms with Gasteiger partial charge in [0.2, 0.25) is 0 Å². The summed E-state index contributed by atoms with van der Waals surface area (Å²) in [6.45, 7) is 4.20. The molecular formula is C19H23ClIN5. The second-order valence-corrected chi connectivity index (χ2v) is 6.14. The van der Waals surface area contributed by atoms with Crippen LogP contribution < -0.4 is 10.6 Å². The van der Waals surface area contributed by atoms with E-state index in [9.17, 15) is 0 Å². The molecular weight excluding hydrogens is 461 g/mol. The topological polar surface area (TPSA) is 65.1 Å². The van der Waals surface area contributed by atoms with Crippen LogP contribution in [0, 0.1) is 0 Å². The summed E-state index contributed by atoms with van der Waals surface area (Å²) in [7, 11) is 0. The van der Waals surface area contributed by atoms with Crippen LogP contribution in [0.15, 0.2) is 53.5 Å². The van der Waals surface area contributed by atoms with E-state index in [-0.39, 0.29) is 24.0 Å². The summed E-state index contributed by atoms with van der Waals surface area (Å²) >= 11 is 6.02. The van der Waals surface area contributed by atoms with Crippen molar-refractivity contribution in [1.29, 1.82) is 0 Å². The molecule has 0 atom stereocenters. The largest absolute Gasteiger partial charge is 0.357 e. The van der Waals surface area contributed by atoms with Crippen LogP contribution in [0.5, 0.6) is 0 Å². The van der Waals surface area contributed by atoms with Crippen molar-refractivity contribution >= 4 is 52.6 Å². The van der Waals surface area contributed by atoms with Crippen LogP contribution >= 0.6 is 35.6 Å². The molecule has 0 aliphatic heterocycles. The van der Waals surface area contributed by atoms with Gasteiger partial charge in [-0.3, -0.25) is 0 Å². The number of fused-ring (bicyclic) bond motifs is 1. The van der Waals surface area contributed by atoms with E-state index >= 15 is 0 Å². The van der Waals surface area contributed by atoms with Crippen molar-refractivity contribution in [2.45, 2.75) is 19.9 Å². The molecule has 0 aliphatic carbocycles. The van der Waals surface area contributed by atoms with Gasteiger partial charge in [0.25, 0.3) is 0 Å². The van der Waals surface area contributed by atoms with Crippen LogP contribution in [0.25, 0.3) is 11.0 Å². The third-order valence-electron chi connectivity index (χ3n) is 3.75. The van der Waals surface area contributed by atoms with Gasteiger partial charge in [0.15, 0.2) is 5.96 Å². The predicted octanol–water partition coefficient (Wildman–Crippen LogP) is 4.13. The molecule has 138 valence electrons. The number of nitrogens with one attached hydrogen (secondary N) is 3. The minimum Gasteiger partial charge on any atom is -0.357 e. The van der Waals surface area contributed by atoms with E-state index in [1.165, 1.54) is 0 Å². The number of H-pyrrole nitrogens is 1. The lowest BCUT2D eigenvalue weighted by Crippen LogP contribution is -2.38. The lowest BCUT2D eigenvalue weighted by atomic mass is 10.2. The minimum atomic E-state index is 0. The molecule has 2 aromatic carbocycles. The van der Waals surface area contributed by atoms with Gasteiger partial charge < -0.3 is 15.6 Å². The van der Waals surface area contributed by atoms with Gasteiger partial charge in [0, 0.05) is 24.5 Å². The number of hydrogen-bond donors (Lipinski definition) is 3. The third-order valence-corrected chi connectivity index (χ3v) is 3.98. The van der Waals surface area contributed by atoms with Crippen LogP contribution in [0.1, 0.15) is 18.3 Å². The first-order valence-electron chi connectivity index (χ1n) is 8.45. The lowest BCUT2D eigenvalue weighted by molar-refractivity contribution is 0.780. The Morgan fingerprint density at radius 2 is 2.00 bits per heavy atom. The van der Waals surface area contributed by atoms with Crippen molar-refractivity contribution in [2.24, 2.45) is 4.99 Å². The van der Waals surface area contributed by atoms with Gasteiger partial charge >= 0.3 is 0 Å². The number of aromatic amines is 1. The Morgan fingerprint density at radius 1 is 1.15 bits per heavy atom. The maximum Gasteiger partial charge on any atom is 0.191 e. The van der Waals surface area contributed by atoms with Gasteiger partial charge in [-0.15, -0.1) is 24.0 Å². The Bertz CT molecular complexity index is 829. The highest BCUT2D eigenvalue weighted by Crippen LogP contribution is 2.11. The Balaban J connectivity index is 0.00000243. The van der Waals surface area contributed by atoms with Crippen LogP contribution in [-0.4, -0.2) is 29.0 Å². The van der Waals surface area contributed by atoms with Crippen molar-refractivity contribution < 1.29 is 0 Å². The summed E-state index contributed by atoms with van der Waals surface area (Å²) in [6, 6.07) is 15.8. The molecule has 0 aliphatic rings. The molecule has 0 saturated heterocycles. The summed E-state index contributed by atoms with van der Waals surface area (Å²) < 4.78 is 0. The van der Waals surface area contributed by atoms with Gasteiger partial charge in [-0.25, -0.2) is 9.98 Å². The SMILES string of the molecule is CCNC(=NCc1cccc(Cl)c1)NCCc1nc2ccccc2[nH]1.I. The van der Waals surface area contributed by atoms with Crippen LogP contribution in [-0.2, 0) is 13.0 Å². The Kier molecular flexibility index (Phi) is 8.18. The maximum absolute atomic E-state index is 6.02. The van der Waals surface area contributed by atoms with Crippen molar-refractivity contribution in [3.05, 3.63) is 64.9 Å². The Morgan fingerprint density at radius 3 is 2.77 bits per heavy atom. The molecule has 1 heterocycles.